The average Bonchev–Trinajstić information content (AvgIpc) is 2.88. The first-order valence-corrected chi connectivity index (χ1v) is 8.28. The molecule has 7 nitrogen and oxygen atoms in total. The van der Waals surface area contributed by atoms with Gasteiger partial charge in [0.05, 0.1) is 30.8 Å². The Labute approximate surface area is 144 Å². The highest BCUT2D eigenvalue weighted by molar-refractivity contribution is 5.85. The molecular weight excluding hydrogens is 334 g/mol. The third kappa shape index (κ3) is 3.51. The molecule has 0 saturated carbocycles. The number of alkyl halides is 2. The maximum absolute atomic E-state index is 13.8. The highest BCUT2D eigenvalue weighted by Gasteiger charge is 2.44. The smallest absolute Gasteiger partial charge is 0.288 e. The van der Waals surface area contributed by atoms with Gasteiger partial charge in [0.2, 0.25) is 11.8 Å². The predicted molar refractivity (Wildman–Crippen MR) is 83.8 cm³/mol. The van der Waals surface area contributed by atoms with Crippen LogP contribution in [0.1, 0.15) is 24.6 Å². The fraction of sp³-hybridized carbons (Fsp3) is 0.688. The van der Waals surface area contributed by atoms with Crippen molar-refractivity contribution in [3.05, 3.63) is 18.0 Å². The number of aromatic nitrogens is 2. The lowest BCUT2D eigenvalue weighted by Gasteiger charge is -2.40. The highest BCUT2D eigenvalue weighted by atomic mass is 19.3. The number of ether oxygens (including phenoxy) is 1. The van der Waals surface area contributed by atoms with E-state index in [0.717, 1.165) is 0 Å². The third-order valence-electron chi connectivity index (χ3n) is 4.89. The van der Waals surface area contributed by atoms with Crippen LogP contribution in [0.25, 0.3) is 0 Å². The molecule has 0 N–H and O–H groups in total. The summed E-state index contributed by atoms with van der Waals surface area (Å²) < 4.78 is 34.2. The van der Waals surface area contributed by atoms with Crippen molar-refractivity contribution >= 4 is 11.8 Å². The average molecular weight is 356 g/mol. The van der Waals surface area contributed by atoms with Gasteiger partial charge < -0.3 is 14.5 Å². The molecule has 2 saturated heterocycles. The van der Waals surface area contributed by atoms with Crippen LogP contribution in [-0.2, 0) is 21.4 Å². The molecule has 0 unspecified atom stereocenters. The van der Waals surface area contributed by atoms with Crippen LogP contribution in [0, 0.1) is 5.92 Å². The van der Waals surface area contributed by atoms with Crippen molar-refractivity contribution in [2.24, 2.45) is 13.0 Å². The van der Waals surface area contributed by atoms with Gasteiger partial charge in [0.15, 0.2) is 0 Å². The summed E-state index contributed by atoms with van der Waals surface area (Å²) in [5.41, 5.74) is 0.715. The van der Waals surface area contributed by atoms with Crippen LogP contribution in [0.4, 0.5) is 8.78 Å². The van der Waals surface area contributed by atoms with Gasteiger partial charge in [-0.15, -0.1) is 0 Å². The van der Waals surface area contributed by atoms with E-state index in [1.165, 1.54) is 9.80 Å². The second-order valence-corrected chi connectivity index (χ2v) is 6.64. The van der Waals surface area contributed by atoms with Crippen LogP contribution in [0.2, 0.25) is 0 Å². The Morgan fingerprint density at radius 3 is 2.84 bits per heavy atom. The summed E-state index contributed by atoms with van der Waals surface area (Å²) in [4.78, 5) is 27.9. The zero-order valence-corrected chi connectivity index (χ0v) is 14.3. The van der Waals surface area contributed by atoms with Crippen molar-refractivity contribution in [3.63, 3.8) is 0 Å². The number of halogens is 2. The normalized spacial score (nSPS) is 27.3. The number of piperidine rings is 1. The minimum Gasteiger partial charge on any atom is -0.373 e. The summed E-state index contributed by atoms with van der Waals surface area (Å²) in [6.45, 7) is -1.12. The second-order valence-electron chi connectivity index (χ2n) is 6.64. The van der Waals surface area contributed by atoms with Crippen molar-refractivity contribution < 1.29 is 23.1 Å². The van der Waals surface area contributed by atoms with Gasteiger partial charge in [-0.05, 0) is 12.5 Å². The molecule has 0 aliphatic carbocycles. The number of rotatable bonds is 2. The van der Waals surface area contributed by atoms with E-state index < -0.39 is 31.0 Å². The van der Waals surface area contributed by atoms with Crippen molar-refractivity contribution in [3.8, 4) is 0 Å². The summed E-state index contributed by atoms with van der Waals surface area (Å²) in [5, 5.41) is 4.11. The molecule has 2 aliphatic heterocycles. The van der Waals surface area contributed by atoms with E-state index in [1.54, 1.807) is 31.0 Å². The fourth-order valence-electron chi connectivity index (χ4n) is 3.60. The number of hydrogen-bond acceptors (Lipinski definition) is 4. The minimum absolute atomic E-state index is 0.0696. The van der Waals surface area contributed by atoms with Crippen LogP contribution in [0.3, 0.4) is 0 Å². The summed E-state index contributed by atoms with van der Waals surface area (Å²) in [5.74, 6) is -4.08. The van der Waals surface area contributed by atoms with Gasteiger partial charge in [0, 0.05) is 33.3 Å². The summed E-state index contributed by atoms with van der Waals surface area (Å²) in [7, 11) is 3.37. The maximum Gasteiger partial charge on any atom is 0.288 e. The Kier molecular flexibility index (Phi) is 4.77. The molecule has 0 aromatic carbocycles. The molecule has 2 fully saturated rings. The molecular formula is C16H22F2N4O3. The molecule has 3 rings (SSSR count). The Balaban J connectivity index is 1.88. The highest BCUT2D eigenvalue weighted by Crippen LogP contribution is 2.37. The molecule has 2 amide bonds. The zero-order chi connectivity index (χ0) is 18.2. The Hall–Kier alpha value is -2.03. The first kappa shape index (κ1) is 17.8. The molecule has 3 heterocycles. The fourth-order valence-corrected chi connectivity index (χ4v) is 3.60. The second kappa shape index (κ2) is 6.70. The lowest BCUT2D eigenvalue weighted by molar-refractivity contribution is -0.149. The third-order valence-corrected chi connectivity index (χ3v) is 4.89. The van der Waals surface area contributed by atoms with Crippen molar-refractivity contribution in [1.82, 2.24) is 19.6 Å². The van der Waals surface area contributed by atoms with Crippen molar-refractivity contribution in [2.45, 2.75) is 24.8 Å². The number of likely N-dealkylation sites (tertiary alicyclic amines) is 1. The molecule has 1 aromatic heterocycles. The van der Waals surface area contributed by atoms with Crippen LogP contribution >= 0.6 is 0 Å². The number of aryl methyl sites for hydroxylation is 1. The van der Waals surface area contributed by atoms with E-state index in [9.17, 15) is 18.4 Å². The molecule has 9 heteroatoms. The molecule has 1 aromatic rings. The zero-order valence-electron chi connectivity index (χ0n) is 14.3. The largest absolute Gasteiger partial charge is 0.373 e. The van der Waals surface area contributed by atoms with Gasteiger partial charge in [-0.3, -0.25) is 14.3 Å². The van der Waals surface area contributed by atoms with Crippen LogP contribution in [-0.4, -0.2) is 70.7 Å². The number of carbonyl (C=O) groups excluding carboxylic acids is 2. The van der Waals surface area contributed by atoms with Crippen LogP contribution in [0.5, 0.6) is 0 Å². The number of carbonyl (C=O) groups is 2. The molecule has 0 bridgehead atoms. The Morgan fingerprint density at radius 1 is 1.40 bits per heavy atom. The van der Waals surface area contributed by atoms with E-state index in [2.05, 4.69) is 5.10 Å². The van der Waals surface area contributed by atoms with Gasteiger partial charge in [-0.1, -0.05) is 0 Å². The number of hydrogen-bond donors (Lipinski definition) is 0. The topological polar surface area (TPSA) is 67.7 Å². The minimum atomic E-state index is -3.06. The molecule has 0 radical (unpaired) electrons. The SMILES string of the molecule is CN1C(=O)CC[C@H](C(=O)N2CCOCC(F)(F)C2)[C@H]1c1ccnn1C. The van der Waals surface area contributed by atoms with E-state index >= 15 is 0 Å². The van der Waals surface area contributed by atoms with Gasteiger partial charge in [-0.2, -0.15) is 5.10 Å². The van der Waals surface area contributed by atoms with E-state index in [1.807, 2.05) is 0 Å². The first-order valence-electron chi connectivity index (χ1n) is 8.28. The summed E-state index contributed by atoms with van der Waals surface area (Å²) in [6.07, 6.45) is 2.15. The van der Waals surface area contributed by atoms with E-state index in [-0.39, 0.29) is 31.4 Å². The lowest BCUT2D eigenvalue weighted by Crippen LogP contribution is -2.50. The standard InChI is InChI=1S/C16H22F2N4O3/c1-20-13(23)4-3-11(14(20)12-5-6-19-21(12)2)15(24)22-7-8-25-10-16(17,18)9-22/h5-6,11,14H,3-4,7-10H2,1-2H3/t11-,14-/m0/s1. The lowest BCUT2D eigenvalue weighted by atomic mass is 9.85. The van der Waals surface area contributed by atoms with Gasteiger partial charge in [-0.25, -0.2) is 8.78 Å². The Morgan fingerprint density at radius 2 is 2.16 bits per heavy atom. The van der Waals surface area contributed by atoms with Crippen LogP contribution in [0.15, 0.2) is 12.3 Å². The molecule has 2 aliphatic rings. The Bertz CT molecular complexity index is 664. The van der Waals surface area contributed by atoms with Crippen molar-refractivity contribution in [1.29, 1.82) is 0 Å². The molecule has 25 heavy (non-hydrogen) atoms. The number of nitrogens with zero attached hydrogens (tertiary/aromatic N) is 4. The molecule has 138 valence electrons. The molecule has 2 atom stereocenters. The summed E-state index contributed by atoms with van der Waals surface area (Å²) in [6, 6.07) is 1.24. The molecule has 0 spiro atoms. The first-order chi connectivity index (χ1) is 11.8. The van der Waals surface area contributed by atoms with Gasteiger partial charge >= 0.3 is 0 Å². The monoisotopic (exact) mass is 356 g/mol. The van der Waals surface area contributed by atoms with Gasteiger partial charge in [0.1, 0.15) is 6.61 Å². The van der Waals surface area contributed by atoms with E-state index in [4.69, 9.17) is 4.74 Å². The maximum atomic E-state index is 13.8. The van der Waals surface area contributed by atoms with Crippen LogP contribution < -0.4 is 0 Å². The quantitative estimate of drug-likeness (QED) is 0.787. The predicted octanol–water partition coefficient (Wildman–Crippen LogP) is 0.824. The van der Waals surface area contributed by atoms with Gasteiger partial charge in [0.25, 0.3) is 5.92 Å². The summed E-state index contributed by atoms with van der Waals surface area (Å²) >= 11 is 0. The van der Waals surface area contributed by atoms with Crippen molar-refractivity contribution in [2.75, 3.05) is 33.4 Å². The number of amides is 2. The van der Waals surface area contributed by atoms with E-state index in [0.29, 0.717) is 12.1 Å².